The number of halogens is 1. The molecule has 21 heavy (non-hydrogen) atoms. The van der Waals surface area contributed by atoms with Gasteiger partial charge in [-0.1, -0.05) is 40.2 Å². The SMILES string of the molecule is CNCc1cc(Br)ccc1N1CCc2ccccc2CC1. The van der Waals surface area contributed by atoms with E-state index in [4.69, 9.17) is 0 Å². The van der Waals surface area contributed by atoms with Crippen molar-refractivity contribution in [3.05, 3.63) is 63.6 Å². The molecular weight excluding hydrogens is 324 g/mol. The molecule has 0 fully saturated rings. The third-order valence-electron chi connectivity index (χ3n) is 4.17. The van der Waals surface area contributed by atoms with Crippen molar-refractivity contribution in [2.24, 2.45) is 0 Å². The maximum Gasteiger partial charge on any atom is 0.0412 e. The first-order valence-electron chi connectivity index (χ1n) is 7.52. The number of benzene rings is 2. The number of hydrogen-bond donors (Lipinski definition) is 1. The van der Waals surface area contributed by atoms with Crippen molar-refractivity contribution in [1.29, 1.82) is 0 Å². The summed E-state index contributed by atoms with van der Waals surface area (Å²) in [5, 5.41) is 3.28. The van der Waals surface area contributed by atoms with Gasteiger partial charge in [-0.25, -0.2) is 0 Å². The summed E-state index contributed by atoms with van der Waals surface area (Å²) in [5.74, 6) is 0. The number of hydrogen-bond acceptors (Lipinski definition) is 2. The van der Waals surface area contributed by atoms with Gasteiger partial charge < -0.3 is 10.2 Å². The highest BCUT2D eigenvalue weighted by atomic mass is 79.9. The van der Waals surface area contributed by atoms with Crippen LogP contribution in [0.3, 0.4) is 0 Å². The normalized spacial score (nSPS) is 14.7. The second kappa shape index (κ2) is 6.63. The molecule has 0 bridgehead atoms. The van der Waals surface area contributed by atoms with Crippen LogP contribution in [0.1, 0.15) is 16.7 Å². The van der Waals surface area contributed by atoms with Crippen LogP contribution < -0.4 is 10.2 Å². The summed E-state index contributed by atoms with van der Waals surface area (Å²) < 4.78 is 1.15. The first kappa shape index (κ1) is 14.6. The molecule has 0 aliphatic carbocycles. The van der Waals surface area contributed by atoms with E-state index in [9.17, 15) is 0 Å². The fraction of sp³-hybridized carbons (Fsp3) is 0.333. The van der Waals surface area contributed by atoms with Gasteiger partial charge in [0, 0.05) is 29.8 Å². The van der Waals surface area contributed by atoms with Crippen molar-refractivity contribution in [1.82, 2.24) is 5.32 Å². The van der Waals surface area contributed by atoms with Crippen LogP contribution in [0, 0.1) is 0 Å². The molecule has 3 rings (SSSR count). The lowest BCUT2D eigenvalue weighted by Gasteiger charge is -2.25. The first-order chi connectivity index (χ1) is 10.3. The van der Waals surface area contributed by atoms with E-state index in [-0.39, 0.29) is 0 Å². The van der Waals surface area contributed by atoms with Gasteiger partial charge >= 0.3 is 0 Å². The van der Waals surface area contributed by atoms with Crippen molar-refractivity contribution in [3.8, 4) is 0 Å². The minimum Gasteiger partial charge on any atom is -0.371 e. The van der Waals surface area contributed by atoms with Gasteiger partial charge in [-0.15, -0.1) is 0 Å². The fourth-order valence-electron chi connectivity index (χ4n) is 3.10. The molecule has 110 valence electrons. The van der Waals surface area contributed by atoms with Gasteiger partial charge in [0.05, 0.1) is 0 Å². The van der Waals surface area contributed by atoms with Gasteiger partial charge in [0.2, 0.25) is 0 Å². The van der Waals surface area contributed by atoms with Crippen molar-refractivity contribution in [2.75, 3.05) is 25.0 Å². The third kappa shape index (κ3) is 3.30. The molecule has 0 saturated heterocycles. The maximum absolute atomic E-state index is 3.58. The summed E-state index contributed by atoms with van der Waals surface area (Å²) >= 11 is 3.58. The standard InChI is InChI=1S/C18H21BrN2/c1-20-13-16-12-17(19)6-7-18(16)21-10-8-14-4-2-3-5-15(14)9-11-21/h2-7,12,20H,8-11,13H2,1H3. The molecule has 1 heterocycles. The monoisotopic (exact) mass is 344 g/mol. The van der Waals surface area contributed by atoms with Gasteiger partial charge in [0.15, 0.2) is 0 Å². The van der Waals surface area contributed by atoms with Crippen LogP contribution in [0.25, 0.3) is 0 Å². The summed E-state index contributed by atoms with van der Waals surface area (Å²) in [4.78, 5) is 2.53. The molecule has 0 radical (unpaired) electrons. The number of anilines is 1. The van der Waals surface area contributed by atoms with Gasteiger partial charge in [-0.3, -0.25) is 0 Å². The van der Waals surface area contributed by atoms with E-state index in [1.54, 1.807) is 0 Å². The van der Waals surface area contributed by atoms with Crippen molar-refractivity contribution < 1.29 is 0 Å². The lowest BCUT2D eigenvalue weighted by Crippen LogP contribution is -2.27. The van der Waals surface area contributed by atoms with Crippen LogP contribution in [0.15, 0.2) is 46.9 Å². The Morgan fingerprint density at radius 3 is 2.33 bits per heavy atom. The van der Waals surface area contributed by atoms with Gasteiger partial charge in [-0.2, -0.15) is 0 Å². The number of fused-ring (bicyclic) bond motifs is 1. The number of nitrogens with zero attached hydrogens (tertiary/aromatic N) is 1. The van der Waals surface area contributed by atoms with E-state index < -0.39 is 0 Å². The molecule has 0 saturated carbocycles. The molecule has 0 amide bonds. The predicted octanol–water partition coefficient (Wildman–Crippen LogP) is 3.77. The Kier molecular flexibility index (Phi) is 4.61. The fourth-order valence-corrected chi connectivity index (χ4v) is 3.51. The summed E-state index contributed by atoms with van der Waals surface area (Å²) in [6.07, 6.45) is 2.26. The highest BCUT2D eigenvalue weighted by Gasteiger charge is 2.16. The molecule has 0 unspecified atom stereocenters. The Hall–Kier alpha value is -1.32. The van der Waals surface area contributed by atoms with Crippen molar-refractivity contribution in [2.45, 2.75) is 19.4 Å². The molecule has 3 heteroatoms. The lowest BCUT2D eigenvalue weighted by molar-refractivity contribution is 0.773. The molecule has 2 aromatic rings. The van der Waals surface area contributed by atoms with Crippen LogP contribution in [0.4, 0.5) is 5.69 Å². The van der Waals surface area contributed by atoms with Crippen LogP contribution in [-0.2, 0) is 19.4 Å². The van der Waals surface area contributed by atoms with E-state index in [0.717, 1.165) is 36.9 Å². The van der Waals surface area contributed by atoms with Crippen LogP contribution in [-0.4, -0.2) is 20.1 Å². The number of rotatable bonds is 3. The van der Waals surface area contributed by atoms with E-state index in [0.29, 0.717) is 0 Å². The summed E-state index contributed by atoms with van der Waals surface area (Å²) in [6, 6.07) is 15.5. The highest BCUT2D eigenvalue weighted by molar-refractivity contribution is 9.10. The third-order valence-corrected chi connectivity index (χ3v) is 4.66. The molecule has 1 aliphatic heterocycles. The second-order valence-electron chi connectivity index (χ2n) is 5.56. The molecule has 2 nitrogen and oxygen atoms in total. The minimum atomic E-state index is 0.901. The highest BCUT2D eigenvalue weighted by Crippen LogP contribution is 2.27. The summed E-state index contributed by atoms with van der Waals surface area (Å²) in [7, 11) is 2.00. The molecule has 1 aliphatic rings. The average molecular weight is 345 g/mol. The molecule has 1 N–H and O–H groups in total. The smallest absolute Gasteiger partial charge is 0.0412 e. The molecule has 0 aromatic heterocycles. The van der Waals surface area contributed by atoms with Crippen LogP contribution >= 0.6 is 15.9 Å². The zero-order chi connectivity index (χ0) is 14.7. The van der Waals surface area contributed by atoms with Crippen molar-refractivity contribution in [3.63, 3.8) is 0 Å². The quantitative estimate of drug-likeness (QED) is 0.911. The number of nitrogens with one attached hydrogen (secondary N) is 1. The Morgan fingerprint density at radius 1 is 1.05 bits per heavy atom. The lowest BCUT2D eigenvalue weighted by atomic mass is 10.0. The van der Waals surface area contributed by atoms with E-state index in [2.05, 4.69) is 68.6 Å². The first-order valence-corrected chi connectivity index (χ1v) is 8.32. The average Bonchev–Trinajstić information content (AvgIpc) is 2.71. The van der Waals surface area contributed by atoms with Crippen LogP contribution in [0.2, 0.25) is 0 Å². The van der Waals surface area contributed by atoms with Crippen molar-refractivity contribution >= 4 is 21.6 Å². The Bertz CT molecular complexity index is 597. The minimum absolute atomic E-state index is 0.901. The predicted molar refractivity (Wildman–Crippen MR) is 93.0 cm³/mol. The van der Waals surface area contributed by atoms with Gasteiger partial charge in [0.25, 0.3) is 0 Å². The largest absolute Gasteiger partial charge is 0.371 e. The molecular formula is C18H21BrN2. The Balaban J connectivity index is 1.86. The van der Waals surface area contributed by atoms with Gasteiger partial charge in [0.1, 0.15) is 0 Å². The maximum atomic E-state index is 3.58. The van der Waals surface area contributed by atoms with Crippen LogP contribution in [0.5, 0.6) is 0 Å². The zero-order valence-corrected chi connectivity index (χ0v) is 14.0. The van der Waals surface area contributed by atoms with E-state index >= 15 is 0 Å². The molecule has 0 spiro atoms. The molecule has 2 aromatic carbocycles. The van der Waals surface area contributed by atoms with E-state index in [1.807, 2.05) is 7.05 Å². The topological polar surface area (TPSA) is 15.3 Å². The molecule has 0 atom stereocenters. The summed E-state index contributed by atoms with van der Waals surface area (Å²) in [6.45, 7) is 3.09. The zero-order valence-electron chi connectivity index (χ0n) is 12.4. The Morgan fingerprint density at radius 2 is 1.71 bits per heavy atom. The summed E-state index contributed by atoms with van der Waals surface area (Å²) in [5.41, 5.74) is 5.73. The van der Waals surface area contributed by atoms with E-state index in [1.165, 1.54) is 22.4 Å². The van der Waals surface area contributed by atoms with Gasteiger partial charge in [-0.05, 0) is 54.8 Å². The Labute approximate surface area is 135 Å². The second-order valence-corrected chi connectivity index (χ2v) is 6.47.